The summed E-state index contributed by atoms with van der Waals surface area (Å²) in [4.78, 5) is 38.3. The molecule has 1 aliphatic rings. The van der Waals surface area contributed by atoms with Gasteiger partial charge in [-0.25, -0.2) is 14.5 Å². The van der Waals surface area contributed by atoms with E-state index >= 15 is 0 Å². The molecule has 1 atom stereocenters. The highest BCUT2D eigenvalue weighted by Gasteiger charge is 2.22. The maximum absolute atomic E-state index is 13.6. The first-order chi connectivity index (χ1) is 27.9. The standard InChI is InChI=1S/C46H48N8O4/c1-7-32-24-33(26-34(25-32)44(55)48-31(3)29-53-20-22-57-23-21-53)27-41-47-19-18-43(50-41)58-39-17-16-38(36-10-8-9-11-37(36)39)49-45(56)51-42-28-40(46(4,5)6)52-54(42)35-14-12-30(2)13-15-35/h1,8-19,24-26,28,31H,20-23,27,29H2,2-6H3,(H,48,55)(H2,49,51,56)/t31-/m1/s1. The minimum Gasteiger partial charge on any atom is -0.438 e. The van der Waals surface area contributed by atoms with Crippen molar-refractivity contribution < 1.29 is 19.1 Å². The van der Waals surface area contributed by atoms with E-state index in [0.29, 0.717) is 59.7 Å². The van der Waals surface area contributed by atoms with E-state index in [1.807, 2.05) is 80.6 Å². The molecule has 3 amide bonds. The molecular formula is C46H48N8O4. The van der Waals surface area contributed by atoms with Gasteiger partial charge in [0, 0.05) is 77.7 Å². The van der Waals surface area contributed by atoms with E-state index in [0.717, 1.165) is 52.9 Å². The highest BCUT2D eigenvalue weighted by atomic mass is 16.5. The van der Waals surface area contributed by atoms with Gasteiger partial charge in [0.1, 0.15) is 17.4 Å². The molecule has 12 heteroatoms. The summed E-state index contributed by atoms with van der Waals surface area (Å²) in [5, 5.41) is 15.5. The number of rotatable bonds is 11. The Morgan fingerprint density at radius 3 is 2.45 bits per heavy atom. The summed E-state index contributed by atoms with van der Waals surface area (Å²) in [5.41, 5.74) is 5.07. The predicted octanol–water partition coefficient (Wildman–Crippen LogP) is 7.88. The molecule has 0 unspecified atom stereocenters. The van der Waals surface area contributed by atoms with Crippen LogP contribution < -0.4 is 20.7 Å². The highest BCUT2D eigenvalue weighted by Crippen LogP contribution is 2.34. The van der Waals surface area contributed by atoms with E-state index in [9.17, 15) is 9.59 Å². The number of aromatic nitrogens is 4. The minimum absolute atomic E-state index is 0.0549. The third-order valence-corrected chi connectivity index (χ3v) is 9.82. The Morgan fingerprint density at radius 2 is 1.71 bits per heavy atom. The van der Waals surface area contributed by atoms with E-state index in [2.05, 4.69) is 52.5 Å². The van der Waals surface area contributed by atoms with Gasteiger partial charge in [0.05, 0.1) is 30.3 Å². The topological polar surface area (TPSA) is 136 Å². The summed E-state index contributed by atoms with van der Waals surface area (Å²) < 4.78 is 13.5. The van der Waals surface area contributed by atoms with Crippen LogP contribution in [0, 0.1) is 19.3 Å². The summed E-state index contributed by atoms with van der Waals surface area (Å²) in [6, 6.07) is 27.8. The third-order valence-electron chi connectivity index (χ3n) is 9.82. The first kappa shape index (κ1) is 39.7. The number of nitrogens with one attached hydrogen (secondary N) is 3. The number of benzene rings is 4. The first-order valence-electron chi connectivity index (χ1n) is 19.4. The lowest BCUT2D eigenvalue weighted by molar-refractivity contribution is 0.0342. The Bertz CT molecular complexity index is 2480. The molecule has 3 N–H and O–H groups in total. The molecule has 6 aromatic rings. The molecule has 4 aromatic carbocycles. The molecule has 58 heavy (non-hydrogen) atoms. The van der Waals surface area contributed by atoms with Gasteiger partial charge in [-0.05, 0) is 61.9 Å². The SMILES string of the molecule is C#Cc1cc(Cc2nccc(Oc3ccc(NC(=O)Nc4cc(C(C)(C)C)nn4-c4ccc(C)cc4)c4ccccc34)n2)cc(C(=O)N[C@H](C)CN2CCOCC2)c1. The third kappa shape index (κ3) is 9.69. The van der Waals surface area contributed by atoms with Crippen molar-refractivity contribution >= 4 is 34.2 Å². The quantitative estimate of drug-likeness (QED) is 0.113. The molecule has 1 saturated heterocycles. The molecule has 3 heterocycles. The molecule has 12 nitrogen and oxygen atoms in total. The Kier molecular flexibility index (Phi) is 11.8. The molecular weight excluding hydrogens is 729 g/mol. The highest BCUT2D eigenvalue weighted by molar-refractivity contribution is 6.07. The molecule has 0 spiro atoms. The lowest BCUT2D eigenvalue weighted by Crippen LogP contribution is -2.46. The average molecular weight is 777 g/mol. The molecule has 0 radical (unpaired) electrons. The van der Waals surface area contributed by atoms with Gasteiger partial charge < -0.3 is 20.1 Å². The van der Waals surface area contributed by atoms with Gasteiger partial charge in [0.2, 0.25) is 5.88 Å². The number of aryl methyl sites for hydroxylation is 1. The maximum atomic E-state index is 13.6. The monoisotopic (exact) mass is 776 g/mol. The van der Waals surface area contributed by atoms with Crippen molar-refractivity contribution in [2.75, 3.05) is 43.5 Å². The van der Waals surface area contributed by atoms with Crippen molar-refractivity contribution in [1.82, 2.24) is 30.0 Å². The number of anilines is 2. The number of urea groups is 1. The molecule has 7 rings (SSSR count). The average Bonchev–Trinajstić information content (AvgIpc) is 3.64. The van der Waals surface area contributed by atoms with Crippen molar-refractivity contribution in [3.05, 3.63) is 131 Å². The second-order valence-corrected chi connectivity index (χ2v) is 15.6. The van der Waals surface area contributed by atoms with Crippen molar-refractivity contribution in [2.45, 2.75) is 52.5 Å². The van der Waals surface area contributed by atoms with Gasteiger partial charge in [-0.3, -0.25) is 15.0 Å². The number of amides is 3. The molecule has 2 aromatic heterocycles. The fraction of sp³-hybridized carbons (Fsp3) is 0.283. The fourth-order valence-electron chi connectivity index (χ4n) is 6.81. The second kappa shape index (κ2) is 17.3. The smallest absolute Gasteiger partial charge is 0.324 e. The fourth-order valence-corrected chi connectivity index (χ4v) is 6.81. The van der Waals surface area contributed by atoms with Crippen molar-refractivity contribution in [3.8, 4) is 29.7 Å². The Morgan fingerprint density at radius 1 is 0.948 bits per heavy atom. The number of hydrogen-bond donors (Lipinski definition) is 3. The van der Waals surface area contributed by atoms with E-state index in [4.69, 9.17) is 26.0 Å². The van der Waals surface area contributed by atoms with E-state index in [1.54, 1.807) is 35.1 Å². The lowest BCUT2D eigenvalue weighted by atomic mass is 9.92. The van der Waals surface area contributed by atoms with Crippen LogP contribution in [0.3, 0.4) is 0 Å². The second-order valence-electron chi connectivity index (χ2n) is 15.6. The summed E-state index contributed by atoms with van der Waals surface area (Å²) in [7, 11) is 0. The number of terminal acetylenes is 1. The number of carbonyl (C=O) groups excluding carboxylic acids is 2. The van der Waals surface area contributed by atoms with Crippen LogP contribution in [0.25, 0.3) is 16.5 Å². The number of fused-ring (bicyclic) bond motifs is 1. The van der Waals surface area contributed by atoms with Crippen molar-refractivity contribution in [2.24, 2.45) is 0 Å². The maximum Gasteiger partial charge on any atom is 0.324 e. The molecule has 0 saturated carbocycles. The van der Waals surface area contributed by atoms with E-state index in [1.165, 1.54) is 0 Å². The number of nitrogens with zero attached hydrogens (tertiary/aromatic N) is 5. The van der Waals surface area contributed by atoms with Crippen LogP contribution in [-0.2, 0) is 16.6 Å². The van der Waals surface area contributed by atoms with Gasteiger partial charge in [-0.2, -0.15) is 10.1 Å². The van der Waals surface area contributed by atoms with Crippen LogP contribution in [0.2, 0.25) is 0 Å². The number of ether oxygens (including phenoxy) is 2. The summed E-state index contributed by atoms with van der Waals surface area (Å²) in [6.45, 7) is 14.1. The molecule has 296 valence electrons. The Balaban J connectivity index is 1.05. The first-order valence-corrected chi connectivity index (χ1v) is 19.4. The number of carbonyl (C=O) groups is 2. The largest absolute Gasteiger partial charge is 0.438 e. The summed E-state index contributed by atoms with van der Waals surface area (Å²) in [6.07, 6.45) is 7.76. The summed E-state index contributed by atoms with van der Waals surface area (Å²) in [5.74, 6) is 4.43. The number of morpholine rings is 1. The zero-order chi connectivity index (χ0) is 40.8. The number of hydrogen-bond acceptors (Lipinski definition) is 8. The Hall–Kier alpha value is -6.55. The van der Waals surface area contributed by atoms with Crippen LogP contribution in [0.4, 0.5) is 16.3 Å². The molecule has 0 bridgehead atoms. The Labute approximate surface area is 339 Å². The van der Waals surface area contributed by atoms with Crippen LogP contribution in [0.5, 0.6) is 11.6 Å². The zero-order valence-corrected chi connectivity index (χ0v) is 33.5. The van der Waals surface area contributed by atoms with Crippen molar-refractivity contribution in [1.29, 1.82) is 0 Å². The van der Waals surface area contributed by atoms with E-state index < -0.39 is 6.03 Å². The predicted molar refractivity (Wildman–Crippen MR) is 227 cm³/mol. The zero-order valence-electron chi connectivity index (χ0n) is 33.5. The van der Waals surface area contributed by atoms with Gasteiger partial charge in [-0.15, -0.1) is 6.42 Å². The lowest BCUT2D eigenvalue weighted by Gasteiger charge is -2.29. The van der Waals surface area contributed by atoms with Gasteiger partial charge in [-0.1, -0.05) is 68.7 Å². The minimum atomic E-state index is -0.412. The van der Waals surface area contributed by atoms with Gasteiger partial charge >= 0.3 is 6.03 Å². The van der Waals surface area contributed by atoms with E-state index in [-0.39, 0.29) is 17.4 Å². The molecule has 1 aliphatic heterocycles. The van der Waals surface area contributed by atoms with Gasteiger partial charge in [0.15, 0.2) is 0 Å². The molecule has 1 fully saturated rings. The van der Waals surface area contributed by atoms with Crippen LogP contribution >= 0.6 is 0 Å². The normalized spacial score (nSPS) is 13.7. The molecule has 0 aliphatic carbocycles. The van der Waals surface area contributed by atoms with Gasteiger partial charge in [0.25, 0.3) is 5.91 Å². The summed E-state index contributed by atoms with van der Waals surface area (Å²) >= 11 is 0. The van der Waals surface area contributed by atoms with Crippen LogP contribution in [-0.4, -0.2) is 75.5 Å². The van der Waals surface area contributed by atoms with Crippen LogP contribution in [0.15, 0.2) is 97.2 Å². The van der Waals surface area contributed by atoms with Crippen LogP contribution in [0.1, 0.15) is 66.3 Å². The van der Waals surface area contributed by atoms with Crippen molar-refractivity contribution in [3.63, 3.8) is 0 Å².